The maximum Gasteiger partial charge on any atom is 0.254 e. The first-order valence-corrected chi connectivity index (χ1v) is 7.68. The molecule has 1 atom stereocenters. The van der Waals surface area contributed by atoms with Gasteiger partial charge < -0.3 is 4.90 Å². The molecule has 0 aromatic heterocycles. The van der Waals surface area contributed by atoms with Crippen LogP contribution in [-0.2, 0) is 0 Å². The van der Waals surface area contributed by atoms with Crippen LogP contribution in [0.3, 0.4) is 0 Å². The number of benzene rings is 1. The minimum atomic E-state index is 0.183. The fraction of sp³-hybridized carbons (Fsp3) is 0.562. The highest BCUT2D eigenvalue weighted by Gasteiger charge is 2.25. The fourth-order valence-corrected chi connectivity index (χ4v) is 3.07. The van der Waals surface area contributed by atoms with E-state index in [-0.39, 0.29) is 5.91 Å². The van der Waals surface area contributed by atoms with E-state index in [0.717, 1.165) is 41.8 Å². The highest BCUT2D eigenvalue weighted by atomic mass is 32.1. The van der Waals surface area contributed by atoms with Gasteiger partial charge in [0, 0.05) is 23.0 Å². The first-order valence-electron chi connectivity index (χ1n) is 7.24. The molecule has 2 nitrogen and oxygen atoms in total. The monoisotopic (exact) mass is 277 g/mol. The molecule has 0 N–H and O–H groups in total. The third kappa shape index (κ3) is 3.33. The van der Waals surface area contributed by atoms with Crippen molar-refractivity contribution in [2.45, 2.75) is 56.9 Å². The molecule has 1 fully saturated rings. The Morgan fingerprint density at radius 3 is 2.89 bits per heavy atom. The Labute approximate surface area is 121 Å². The Bertz CT molecular complexity index is 458. The molecule has 1 amide bonds. The highest BCUT2D eigenvalue weighted by Crippen LogP contribution is 2.23. The SMILES string of the molecule is CCC1CCCCCN1C(=O)c1cc(S)ccc1C. The summed E-state index contributed by atoms with van der Waals surface area (Å²) >= 11 is 4.36. The predicted octanol–water partition coefficient (Wildman–Crippen LogP) is 4.08. The van der Waals surface area contributed by atoms with Crippen LogP contribution in [0.4, 0.5) is 0 Å². The normalized spacial score (nSPS) is 20.2. The minimum Gasteiger partial charge on any atom is -0.336 e. The lowest BCUT2D eigenvalue weighted by atomic mass is 10.0. The predicted molar refractivity (Wildman–Crippen MR) is 82.0 cm³/mol. The molecule has 0 bridgehead atoms. The molecule has 0 saturated carbocycles. The lowest BCUT2D eigenvalue weighted by molar-refractivity contribution is 0.0677. The summed E-state index contributed by atoms with van der Waals surface area (Å²) in [5.41, 5.74) is 1.86. The van der Waals surface area contributed by atoms with Crippen molar-refractivity contribution in [1.82, 2.24) is 4.90 Å². The summed E-state index contributed by atoms with van der Waals surface area (Å²) in [4.78, 5) is 15.7. The van der Waals surface area contributed by atoms with Gasteiger partial charge in [0.2, 0.25) is 0 Å². The number of carbonyl (C=O) groups excluding carboxylic acids is 1. The molecule has 1 aromatic carbocycles. The summed E-state index contributed by atoms with van der Waals surface area (Å²) in [5, 5.41) is 0. The van der Waals surface area contributed by atoms with Crippen molar-refractivity contribution in [2.24, 2.45) is 0 Å². The number of amides is 1. The van der Waals surface area contributed by atoms with E-state index in [2.05, 4.69) is 24.5 Å². The summed E-state index contributed by atoms with van der Waals surface area (Å²) in [6.45, 7) is 5.07. The molecule has 3 heteroatoms. The van der Waals surface area contributed by atoms with E-state index >= 15 is 0 Å². The van der Waals surface area contributed by atoms with Gasteiger partial charge in [-0.25, -0.2) is 0 Å². The first-order chi connectivity index (χ1) is 9.13. The smallest absolute Gasteiger partial charge is 0.254 e. The van der Waals surface area contributed by atoms with Crippen molar-refractivity contribution < 1.29 is 4.79 Å². The average molecular weight is 277 g/mol. The highest BCUT2D eigenvalue weighted by molar-refractivity contribution is 7.80. The Kier molecular flexibility index (Phi) is 4.92. The van der Waals surface area contributed by atoms with E-state index < -0.39 is 0 Å². The van der Waals surface area contributed by atoms with E-state index in [1.54, 1.807) is 0 Å². The number of hydrogen-bond donors (Lipinski definition) is 1. The molecule has 104 valence electrons. The van der Waals surface area contributed by atoms with Crippen LogP contribution in [0.25, 0.3) is 0 Å². The van der Waals surface area contributed by atoms with Gasteiger partial charge in [-0.05, 0) is 43.9 Å². The van der Waals surface area contributed by atoms with Gasteiger partial charge in [-0.2, -0.15) is 0 Å². The van der Waals surface area contributed by atoms with Crippen molar-refractivity contribution >= 4 is 18.5 Å². The molecule has 1 unspecified atom stereocenters. The maximum atomic E-state index is 12.8. The number of rotatable bonds is 2. The Morgan fingerprint density at radius 1 is 1.37 bits per heavy atom. The van der Waals surface area contributed by atoms with Gasteiger partial charge in [0.25, 0.3) is 5.91 Å². The molecule has 1 heterocycles. The van der Waals surface area contributed by atoms with Crippen LogP contribution < -0.4 is 0 Å². The third-order valence-corrected chi connectivity index (χ3v) is 4.34. The molecule has 0 aliphatic carbocycles. The summed E-state index contributed by atoms with van der Waals surface area (Å²) in [5.74, 6) is 0.183. The number of likely N-dealkylation sites (tertiary alicyclic amines) is 1. The van der Waals surface area contributed by atoms with E-state index in [0.29, 0.717) is 6.04 Å². The van der Waals surface area contributed by atoms with Gasteiger partial charge in [0.15, 0.2) is 0 Å². The van der Waals surface area contributed by atoms with Crippen LogP contribution in [0.5, 0.6) is 0 Å². The second kappa shape index (κ2) is 6.47. The van der Waals surface area contributed by atoms with Crippen LogP contribution in [-0.4, -0.2) is 23.4 Å². The van der Waals surface area contributed by atoms with Gasteiger partial charge in [-0.1, -0.05) is 25.8 Å². The number of nitrogens with zero attached hydrogens (tertiary/aromatic N) is 1. The number of aryl methyl sites for hydroxylation is 1. The standard InChI is InChI=1S/C16H23NOS/c1-3-13-7-5-4-6-10-17(13)16(18)15-11-14(19)9-8-12(15)2/h8-9,11,13,19H,3-7,10H2,1-2H3. The maximum absolute atomic E-state index is 12.8. The zero-order chi connectivity index (χ0) is 13.8. The number of hydrogen-bond acceptors (Lipinski definition) is 2. The largest absolute Gasteiger partial charge is 0.336 e. The molecular weight excluding hydrogens is 254 g/mol. The molecule has 0 radical (unpaired) electrons. The second-order valence-corrected chi connectivity index (χ2v) is 5.93. The fourth-order valence-electron chi connectivity index (χ4n) is 2.86. The van der Waals surface area contributed by atoms with Crippen molar-refractivity contribution in [3.63, 3.8) is 0 Å². The van der Waals surface area contributed by atoms with Crippen LogP contribution in [0.15, 0.2) is 23.1 Å². The second-order valence-electron chi connectivity index (χ2n) is 5.41. The first kappa shape index (κ1) is 14.4. The molecule has 1 aliphatic heterocycles. The van der Waals surface area contributed by atoms with Gasteiger partial charge in [0.1, 0.15) is 0 Å². The number of thiol groups is 1. The Hall–Kier alpha value is -0.960. The number of carbonyl (C=O) groups is 1. The molecule has 1 aromatic rings. The topological polar surface area (TPSA) is 20.3 Å². The quantitative estimate of drug-likeness (QED) is 0.808. The molecule has 19 heavy (non-hydrogen) atoms. The molecule has 2 rings (SSSR count). The van der Waals surface area contributed by atoms with Gasteiger partial charge in [-0.15, -0.1) is 12.6 Å². The van der Waals surface area contributed by atoms with E-state index in [9.17, 15) is 4.79 Å². The van der Waals surface area contributed by atoms with Gasteiger partial charge in [-0.3, -0.25) is 4.79 Å². The summed E-state index contributed by atoms with van der Waals surface area (Å²) in [6, 6.07) is 6.22. The molecular formula is C16H23NOS. The third-order valence-electron chi connectivity index (χ3n) is 4.06. The van der Waals surface area contributed by atoms with Crippen molar-refractivity contribution in [3.05, 3.63) is 29.3 Å². The minimum absolute atomic E-state index is 0.183. The van der Waals surface area contributed by atoms with Crippen LogP contribution in [0.2, 0.25) is 0 Å². The lowest BCUT2D eigenvalue weighted by Gasteiger charge is -2.30. The van der Waals surface area contributed by atoms with Gasteiger partial charge in [0.05, 0.1) is 0 Å². The van der Waals surface area contributed by atoms with Crippen LogP contribution in [0.1, 0.15) is 54.9 Å². The summed E-state index contributed by atoms with van der Waals surface area (Å²) in [6.07, 6.45) is 5.80. The summed E-state index contributed by atoms with van der Waals surface area (Å²) < 4.78 is 0. The van der Waals surface area contributed by atoms with Gasteiger partial charge >= 0.3 is 0 Å². The van der Waals surface area contributed by atoms with Crippen molar-refractivity contribution in [1.29, 1.82) is 0 Å². The summed E-state index contributed by atoms with van der Waals surface area (Å²) in [7, 11) is 0. The van der Waals surface area contributed by atoms with E-state index in [1.165, 1.54) is 12.8 Å². The molecule has 1 saturated heterocycles. The zero-order valence-corrected chi connectivity index (χ0v) is 12.7. The van der Waals surface area contributed by atoms with Crippen LogP contribution in [0, 0.1) is 6.92 Å². The average Bonchev–Trinajstić information content (AvgIpc) is 2.65. The Morgan fingerprint density at radius 2 is 2.16 bits per heavy atom. The Balaban J connectivity index is 2.27. The molecule has 1 aliphatic rings. The molecule has 0 spiro atoms. The van der Waals surface area contributed by atoms with Crippen molar-refractivity contribution in [2.75, 3.05) is 6.54 Å². The lowest BCUT2D eigenvalue weighted by Crippen LogP contribution is -2.40. The van der Waals surface area contributed by atoms with Crippen molar-refractivity contribution in [3.8, 4) is 0 Å². The van der Waals surface area contributed by atoms with E-state index in [4.69, 9.17) is 0 Å². The van der Waals surface area contributed by atoms with E-state index in [1.807, 2.05) is 25.1 Å². The van der Waals surface area contributed by atoms with Crippen LogP contribution >= 0.6 is 12.6 Å². The zero-order valence-electron chi connectivity index (χ0n) is 11.9.